The number of carbonyl (C=O) groups is 2. The van der Waals surface area contributed by atoms with E-state index in [1.54, 1.807) is 13.0 Å². The molecule has 0 unspecified atom stereocenters. The van der Waals surface area contributed by atoms with Crippen LogP contribution in [0.2, 0.25) is 0 Å². The van der Waals surface area contributed by atoms with Gasteiger partial charge in [0.1, 0.15) is 23.8 Å². The second-order valence-corrected chi connectivity index (χ2v) is 10.0. The van der Waals surface area contributed by atoms with Crippen molar-refractivity contribution in [1.82, 2.24) is 4.98 Å². The summed E-state index contributed by atoms with van der Waals surface area (Å²) >= 11 is 0. The molecule has 0 aromatic carbocycles. The number of alkyl halides is 3. The largest absolute Gasteiger partial charge is 0.542 e. The van der Waals surface area contributed by atoms with E-state index in [0.717, 1.165) is 62.3 Å². The van der Waals surface area contributed by atoms with Gasteiger partial charge in [0.15, 0.2) is 5.72 Å². The van der Waals surface area contributed by atoms with Gasteiger partial charge in [0.2, 0.25) is 0 Å². The summed E-state index contributed by atoms with van der Waals surface area (Å²) in [5, 5.41) is 22.1. The molecule has 1 aromatic heterocycles. The van der Waals surface area contributed by atoms with Gasteiger partial charge in [-0.25, -0.2) is 14.7 Å². The number of carboxylic acids is 1. The van der Waals surface area contributed by atoms with Gasteiger partial charge in [-0.15, -0.1) is 0 Å². The maximum absolute atomic E-state index is 13.0. The average molecular weight is 556 g/mol. The molecule has 3 aliphatic rings. The second-order valence-electron chi connectivity index (χ2n) is 10.0. The number of aryl methyl sites for hydroxylation is 1. The Morgan fingerprint density at radius 1 is 1.46 bits per heavy atom. The van der Waals surface area contributed by atoms with Crippen molar-refractivity contribution in [3.05, 3.63) is 41.8 Å². The number of nitrogens with zero attached hydrogens (tertiary/aromatic N) is 2. The number of hydrogen-bond acceptors (Lipinski definition) is 8. The zero-order valence-corrected chi connectivity index (χ0v) is 22.3. The van der Waals surface area contributed by atoms with E-state index in [1.807, 2.05) is 0 Å². The smallest absolute Gasteiger partial charge is 0.430 e. The minimum Gasteiger partial charge on any atom is -0.542 e. The van der Waals surface area contributed by atoms with Gasteiger partial charge in [0.05, 0.1) is 23.9 Å². The maximum Gasteiger partial charge on any atom is 0.430 e. The molecule has 0 saturated heterocycles. The third-order valence-corrected chi connectivity index (χ3v) is 6.97. The quantitative estimate of drug-likeness (QED) is 0.285. The van der Waals surface area contributed by atoms with Crippen molar-refractivity contribution in [2.45, 2.75) is 102 Å². The minimum absolute atomic E-state index is 0.0936. The second kappa shape index (κ2) is 12.9. The lowest BCUT2D eigenvalue weighted by Gasteiger charge is -2.38. The topological polar surface area (TPSA) is 125 Å². The lowest BCUT2D eigenvalue weighted by atomic mass is 9.95. The first-order chi connectivity index (χ1) is 18.4. The normalized spacial score (nSPS) is 24.1. The molecule has 0 saturated carbocycles. The van der Waals surface area contributed by atoms with E-state index in [0.29, 0.717) is 18.4 Å². The van der Waals surface area contributed by atoms with Crippen LogP contribution in [-0.2, 0) is 27.1 Å². The number of aliphatic carboxylic acids is 1. The molecule has 0 bridgehead atoms. The number of allylic oxidation sites excluding steroid dienone is 1. The Hall–Kier alpha value is -2.99. The first kappa shape index (κ1) is 30.6. The van der Waals surface area contributed by atoms with E-state index >= 15 is 0 Å². The third kappa shape index (κ3) is 7.57. The number of nitrogens with one attached hydrogen (secondary N) is 1. The Balaban J connectivity index is 0.000000532. The average Bonchev–Trinajstić information content (AvgIpc) is 3.17. The van der Waals surface area contributed by atoms with Gasteiger partial charge < -0.3 is 24.5 Å². The monoisotopic (exact) mass is 555 g/mol. The van der Waals surface area contributed by atoms with E-state index in [9.17, 15) is 23.1 Å². The summed E-state index contributed by atoms with van der Waals surface area (Å²) in [4.78, 5) is 26.8. The Kier molecular flexibility index (Phi) is 10.1. The van der Waals surface area contributed by atoms with Crippen LogP contribution in [0.5, 0.6) is 0 Å². The van der Waals surface area contributed by atoms with Crippen molar-refractivity contribution in [3.8, 4) is 0 Å². The molecule has 0 radical (unpaired) electrons. The highest BCUT2D eigenvalue weighted by atomic mass is 19.4. The Morgan fingerprint density at radius 3 is 2.79 bits per heavy atom. The fourth-order valence-corrected chi connectivity index (χ4v) is 5.24. The number of carboxylic acid groups (broad SMARTS) is 1. The third-order valence-electron chi connectivity index (χ3n) is 6.97. The standard InChI is InChI=1S/C25H35N3O4.C2HF3O2/c1-4-15-31-23(30)22-20(11-8-9-17(3)29)26-24-27-25(14-7-6-10-19(5-2)32-25)16-18-12-13-21(22)28(18)24;3-2(4,5)1(6)7/h4,6,10,17-19,29H,1,5,7-9,11-16H2,2-3H3;(H,6,7)/t17-,18-,19-,25-;/m0./s1. The molecule has 1 spiro atoms. The molecule has 0 fully saturated rings. The van der Waals surface area contributed by atoms with Gasteiger partial charge in [-0.05, 0) is 39.0 Å². The molecule has 0 amide bonds. The SMILES string of the molecule is C=CCOC(=O)c1c(CCC[C@H](C)O)nc2[n+]3c1CC[C@H]3C[C@@]1(CCC=C[C@H](CC)O1)N2.O=C([O-])C(F)(F)F. The Morgan fingerprint density at radius 2 is 2.18 bits per heavy atom. The van der Waals surface area contributed by atoms with Crippen molar-refractivity contribution in [1.29, 1.82) is 0 Å². The fraction of sp³-hybridized carbons (Fsp3) is 0.630. The molecule has 216 valence electrons. The number of hydrogen-bond donors (Lipinski definition) is 2. The lowest BCUT2D eigenvalue weighted by molar-refractivity contribution is -0.713. The molecule has 4 rings (SSSR count). The number of rotatable bonds is 8. The number of aromatic nitrogens is 2. The summed E-state index contributed by atoms with van der Waals surface area (Å²) in [5.74, 6) is -2.55. The van der Waals surface area contributed by atoms with Crippen LogP contribution in [-0.4, -0.2) is 52.7 Å². The van der Waals surface area contributed by atoms with Crippen LogP contribution >= 0.6 is 0 Å². The van der Waals surface area contributed by atoms with Crippen molar-refractivity contribution < 1.29 is 47.0 Å². The van der Waals surface area contributed by atoms with Crippen LogP contribution in [0.3, 0.4) is 0 Å². The highest BCUT2D eigenvalue weighted by Gasteiger charge is 2.50. The van der Waals surface area contributed by atoms with Crippen LogP contribution in [0.1, 0.15) is 86.6 Å². The van der Waals surface area contributed by atoms with Crippen molar-refractivity contribution in [2.24, 2.45) is 0 Å². The highest BCUT2D eigenvalue weighted by molar-refractivity contribution is 5.91. The van der Waals surface area contributed by atoms with Gasteiger partial charge in [0.25, 0.3) is 0 Å². The van der Waals surface area contributed by atoms with E-state index in [1.165, 1.54) is 0 Å². The molecule has 9 nitrogen and oxygen atoms in total. The molecule has 1 aromatic rings. The van der Waals surface area contributed by atoms with Crippen molar-refractivity contribution in [3.63, 3.8) is 0 Å². The summed E-state index contributed by atoms with van der Waals surface area (Å²) < 4.78 is 45.8. The molecule has 39 heavy (non-hydrogen) atoms. The van der Waals surface area contributed by atoms with Crippen molar-refractivity contribution >= 4 is 17.9 Å². The molecular weight excluding hydrogens is 519 g/mol. The fourth-order valence-electron chi connectivity index (χ4n) is 5.24. The summed E-state index contributed by atoms with van der Waals surface area (Å²) in [6, 6.07) is 0.252. The van der Waals surface area contributed by atoms with E-state index < -0.39 is 17.9 Å². The summed E-state index contributed by atoms with van der Waals surface area (Å²) in [6.45, 7) is 7.76. The number of carbonyl (C=O) groups excluding carboxylic acids is 2. The first-order valence-corrected chi connectivity index (χ1v) is 13.2. The molecular formula is C27H36F3N3O6. The Bertz CT molecular complexity index is 1090. The summed E-state index contributed by atoms with van der Waals surface area (Å²) in [7, 11) is 0. The number of anilines is 1. The summed E-state index contributed by atoms with van der Waals surface area (Å²) in [6.07, 6.45) is 7.97. The van der Waals surface area contributed by atoms with Gasteiger partial charge in [-0.2, -0.15) is 13.2 Å². The molecule has 4 atom stereocenters. The predicted molar refractivity (Wildman–Crippen MR) is 132 cm³/mol. The van der Waals surface area contributed by atoms with Crippen molar-refractivity contribution in [2.75, 3.05) is 11.9 Å². The lowest BCUT2D eigenvalue weighted by Crippen LogP contribution is -2.58. The highest BCUT2D eigenvalue weighted by Crippen LogP contribution is 2.40. The van der Waals surface area contributed by atoms with Gasteiger partial charge in [-0.1, -0.05) is 36.7 Å². The number of aliphatic hydroxyl groups excluding tert-OH is 1. The Labute approximate surface area is 225 Å². The van der Waals surface area contributed by atoms with Gasteiger partial charge in [-0.3, -0.25) is 0 Å². The van der Waals surface area contributed by atoms with Crippen LogP contribution in [0.15, 0.2) is 24.8 Å². The van der Waals surface area contributed by atoms with Crippen LogP contribution in [0, 0.1) is 0 Å². The molecule has 0 aliphatic carbocycles. The predicted octanol–water partition coefficient (Wildman–Crippen LogP) is 2.86. The van der Waals surface area contributed by atoms with E-state index in [2.05, 4.69) is 35.5 Å². The minimum atomic E-state index is -5.19. The molecule has 2 N–H and O–H groups in total. The number of ether oxygens (including phenoxy) is 2. The van der Waals surface area contributed by atoms with E-state index in [4.69, 9.17) is 24.4 Å². The zero-order chi connectivity index (χ0) is 28.8. The zero-order valence-electron chi connectivity index (χ0n) is 22.3. The number of aliphatic hydroxyl groups is 1. The van der Waals surface area contributed by atoms with Gasteiger partial charge in [0, 0.05) is 25.7 Å². The summed E-state index contributed by atoms with van der Waals surface area (Å²) in [5.41, 5.74) is 1.90. The maximum atomic E-state index is 13.0. The van der Waals surface area contributed by atoms with Gasteiger partial charge >= 0.3 is 18.1 Å². The van der Waals surface area contributed by atoms with E-state index in [-0.39, 0.29) is 30.8 Å². The molecule has 12 heteroatoms. The first-order valence-electron chi connectivity index (χ1n) is 13.2. The molecule has 3 aliphatic heterocycles. The molecule has 4 heterocycles. The van der Waals surface area contributed by atoms with Crippen LogP contribution in [0.25, 0.3) is 0 Å². The van der Waals surface area contributed by atoms with Crippen LogP contribution < -0.4 is 15.0 Å². The number of esters is 1. The van der Waals surface area contributed by atoms with Crippen LogP contribution in [0.4, 0.5) is 19.1 Å². The number of halogens is 3.